The van der Waals surface area contributed by atoms with Crippen molar-refractivity contribution in [2.75, 3.05) is 0 Å². The van der Waals surface area contributed by atoms with E-state index in [-0.39, 0.29) is 5.56 Å². The van der Waals surface area contributed by atoms with Crippen LogP contribution in [-0.2, 0) is 16.2 Å². The summed E-state index contributed by atoms with van der Waals surface area (Å²) in [7, 11) is 0. The van der Waals surface area contributed by atoms with Crippen molar-refractivity contribution in [1.82, 2.24) is 0 Å². The van der Waals surface area contributed by atoms with E-state index in [2.05, 4.69) is 4.94 Å². The van der Waals surface area contributed by atoms with Crippen molar-refractivity contribution < 1.29 is 23.0 Å². The molecule has 70 valence electrons. The zero-order valence-electron chi connectivity index (χ0n) is 6.39. The van der Waals surface area contributed by atoms with E-state index in [1.54, 1.807) is 0 Å². The number of hydrogen-bond donors (Lipinski definition) is 0. The Kier molecular flexibility index (Phi) is 2.89. The maximum atomic E-state index is 12.5. The fourth-order valence-corrected chi connectivity index (χ4v) is 0.907. The van der Waals surface area contributed by atoms with E-state index in [1.807, 2.05) is 0 Å². The molecule has 0 spiro atoms. The quantitative estimate of drug-likeness (QED) is 0.712. The highest BCUT2D eigenvalue weighted by atomic mass is 19.3. The van der Waals surface area contributed by atoms with Crippen LogP contribution >= 0.6 is 0 Å². The summed E-state index contributed by atoms with van der Waals surface area (Å²) in [6.45, 7) is 0. The number of hydrogen-bond acceptors (Lipinski definition) is 2. The monoisotopic (exact) mass is 190 g/mol. The minimum atomic E-state index is -1.19. The van der Waals surface area contributed by atoms with Crippen LogP contribution in [0.2, 0.25) is 0 Å². The highest BCUT2D eigenvalue weighted by molar-refractivity contribution is 5.71. The lowest BCUT2D eigenvalue weighted by atomic mass is 10.1. The molecule has 0 fully saturated rings. The second kappa shape index (κ2) is 3.93. The minimum absolute atomic E-state index is 0.0279. The Morgan fingerprint density at radius 2 is 1.77 bits per heavy atom. The molecule has 0 unspecified atom stereocenters. The van der Waals surface area contributed by atoms with Gasteiger partial charge >= 0.3 is 5.97 Å². The maximum Gasteiger partial charge on any atom is 0.353 e. The Morgan fingerprint density at radius 3 is 2.23 bits per heavy atom. The molecule has 0 saturated heterocycles. The van der Waals surface area contributed by atoms with E-state index in [1.165, 1.54) is 0 Å². The number of rotatable bonds is 2. The number of benzene rings is 1. The molecule has 0 aliphatic carbocycles. The van der Waals surface area contributed by atoms with Crippen LogP contribution in [0.15, 0.2) is 18.2 Å². The van der Waals surface area contributed by atoms with Gasteiger partial charge in [0.1, 0.15) is 11.6 Å². The third-order valence-corrected chi connectivity index (χ3v) is 1.36. The summed E-state index contributed by atoms with van der Waals surface area (Å²) in [5.74, 6) is -2.83. The van der Waals surface area contributed by atoms with Gasteiger partial charge in [-0.15, -0.1) is 0 Å². The average Bonchev–Trinajstić information content (AvgIpc) is 2.02. The summed E-state index contributed by atoms with van der Waals surface area (Å²) in [4.78, 5) is 13.2. The summed E-state index contributed by atoms with van der Waals surface area (Å²) in [6, 6.07) is 2.52. The molecule has 0 N–H and O–H groups in total. The van der Waals surface area contributed by atoms with Crippen molar-refractivity contribution in [3.05, 3.63) is 35.4 Å². The predicted octanol–water partition coefficient (Wildman–Crippen LogP) is 1.94. The van der Waals surface area contributed by atoms with Crippen LogP contribution in [0.4, 0.5) is 13.3 Å². The van der Waals surface area contributed by atoms with Crippen LogP contribution in [0.5, 0.6) is 0 Å². The Morgan fingerprint density at radius 1 is 1.23 bits per heavy atom. The molecular formula is C8H5F3O2. The first-order valence-electron chi connectivity index (χ1n) is 3.38. The third kappa shape index (κ3) is 2.77. The maximum absolute atomic E-state index is 12.5. The topological polar surface area (TPSA) is 26.3 Å². The molecule has 0 radical (unpaired) electrons. The molecule has 1 aromatic rings. The highest BCUT2D eigenvalue weighted by Gasteiger charge is 2.07. The fourth-order valence-electron chi connectivity index (χ4n) is 0.907. The van der Waals surface area contributed by atoms with E-state index >= 15 is 0 Å². The summed E-state index contributed by atoms with van der Waals surface area (Å²) in [5, 5.41) is 0. The van der Waals surface area contributed by atoms with Gasteiger partial charge < -0.3 is 0 Å². The molecular weight excluding hydrogens is 185 g/mol. The first kappa shape index (κ1) is 9.57. The second-order valence-electron chi connectivity index (χ2n) is 2.40. The van der Waals surface area contributed by atoms with Crippen molar-refractivity contribution in [2.24, 2.45) is 0 Å². The van der Waals surface area contributed by atoms with Gasteiger partial charge in [0, 0.05) is 10.6 Å². The van der Waals surface area contributed by atoms with E-state index in [0.717, 1.165) is 12.1 Å². The molecule has 0 heterocycles. The molecule has 5 heteroatoms. The smallest absolute Gasteiger partial charge is 0.255 e. The number of carbonyl (C=O) groups is 1. The van der Waals surface area contributed by atoms with E-state index in [0.29, 0.717) is 6.07 Å². The summed E-state index contributed by atoms with van der Waals surface area (Å²) in [6.07, 6.45) is -0.495. The van der Waals surface area contributed by atoms with E-state index in [4.69, 9.17) is 0 Å². The summed E-state index contributed by atoms with van der Waals surface area (Å²) >= 11 is 0. The molecule has 0 aliphatic rings. The molecule has 0 aliphatic heterocycles. The summed E-state index contributed by atoms with van der Waals surface area (Å²) in [5.41, 5.74) is 0.0279. The lowest BCUT2D eigenvalue weighted by Gasteiger charge is -1.97. The molecule has 13 heavy (non-hydrogen) atoms. The van der Waals surface area contributed by atoms with Crippen molar-refractivity contribution in [3.63, 3.8) is 0 Å². The van der Waals surface area contributed by atoms with Crippen LogP contribution in [0.25, 0.3) is 0 Å². The van der Waals surface area contributed by atoms with Crippen molar-refractivity contribution >= 4 is 5.97 Å². The number of halogens is 3. The molecule has 1 aromatic carbocycles. The fraction of sp³-hybridized carbons (Fsp3) is 0.125. The Bertz CT molecular complexity index is 305. The highest BCUT2D eigenvalue weighted by Crippen LogP contribution is 2.09. The lowest BCUT2D eigenvalue weighted by Crippen LogP contribution is -2.02. The average molecular weight is 190 g/mol. The Hall–Kier alpha value is -1.52. The molecule has 0 atom stereocenters. The third-order valence-electron chi connectivity index (χ3n) is 1.36. The molecule has 0 bridgehead atoms. The van der Waals surface area contributed by atoms with Crippen molar-refractivity contribution in [1.29, 1.82) is 0 Å². The van der Waals surface area contributed by atoms with Crippen molar-refractivity contribution in [3.8, 4) is 0 Å². The van der Waals surface area contributed by atoms with Gasteiger partial charge in [-0.2, -0.15) is 0 Å². The van der Waals surface area contributed by atoms with Gasteiger partial charge in [-0.25, -0.2) is 13.6 Å². The molecule has 0 aromatic heterocycles. The Labute approximate surface area is 71.8 Å². The van der Waals surface area contributed by atoms with Crippen LogP contribution in [-0.4, -0.2) is 5.97 Å². The molecule has 0 amide bonds. The SMILES string of the molecule is O=C(Cc1cc(F)cc(F)c1)OF. The lowest BCUT2D eigenvalue weighted by molar-refractivity contribution is -0.182. The zero-order chi connectivity index (χ0) is 9.84. The van der Waals surface area contributed by atoms with Gasteiger partial charge in [0.15, 0.2) is 0 Å². The van der Waals surface area contributed by atoms with Gasteiger partial charge in [0.05, 0.1) is 6.42 Å². The van der Waals surface area contributed by atoms with Crippen LogP contribution < -0.4 is 0 Å². The van der Waals surface area contributed by atoms with Gasteiger partial charge in [-0.1, -0.05) is 0 Å². The van der Waals surface area contributed by atoms with Gasteiger partial charge in [0.25, 0.3) is 0 Å². The predicted molar refractivity (Wildman–Crippen MR) is 37.3 cm³/mol. The molecule has 2 nitrogen and oxygen atoms in total. The van der Waals surface area contributed by atoms with Gasteiger partial charge in [0.2, 0.25) is 0 Å². The largest absolute Gasteiger partial charge is 0.353 e. The van der Waals surface area contributed by atoms with Crippen molar-refractivity contribution in [2.45, 2.75) is 6.42 Å². The van der Waals surface area contributed by atoms with Gasteiger partial charge in [-0.05, 0) is 17.7 Å². The Balaban J connectivity index is 2.83. The van der Waals surface area contributed by atoms with Crippen LogP contribution in [0.1, 0.15) is 5.56 Å². The molecule has 1 rings (SSSR count). The van der Waals surface area contributed by atoms with E-state index in [9.17, 15) is 18.1 Å². The van der Waals surface area contributed by atoms with E-state index < -0.39 is 24.0 Å². The van der Waals surface area contributed by atoms with Crippen LogP contribution in [0, 0.1) is 11.6 Å². The zero-order valence-corrected chi connectivity index (χ0v) is 6.39. The number of carbonyl (C=O) groups excluding carboxylic acids is 1. The second-order valence-corrected chi connectivity index (χ2v) is 2.40. The van der Waals surface area contributed by atoms with Gasteiger partial charge in [-0.3, -0.25) is 4.94 Å². The minimum Gasteiger partial charge on any atom is -0.255 e. The van der Waals surface area contributed by atoms with Crippen LogP contribution in [0.3, 0.4) is 0 Å². The summed E-state index contributed by atoms with van der Waals surface area (Å²) < 4.78 is 36.2. The first-order valence-corrected chi connectivity index (χ1v) is 3.38. The molecule has 0 saturated carbocycles. The normalized spacial score (nSPS) is 9.77. The first-order chi connectivity index (χ1) is 6.11. The standard InChI is InChI=1S/C8H5F3O2/c9-6-1-5(2-7(10)4-6)3-8(12)13-11/h1-2,4H,3H2.